The van der Waals surface area contributed by atoms with Crippen LogP contribution in [0.1, 0.15) is 32.0 Å². The Bertz CT molecular complexity index is 1540. The molecule has 0 N–H and O–H groups in total. The maximum absolute atomic E-state index is 13.7. The van der Waals surface area contributed by atoms with E-state index in [2.05, 4.69) is 0 Å². The molecule has 3 aromatic carbocycles. The van der Waals surface area contributed by atoms with E-state index in [-0.39, 0.29) is 37.6 Å². The lowest BCUT2D eigenvalue weighted by Crippen LogP contribution is -2.50. The lowest BCUT2D eigenvalue weighted by Gasteiger charge is -2.35. The van der Waals surface area contributed by atoms with Crippen molar-refractivity contribution in [3.63, 3.8) is 0 Å². The first-order valence-electron chi connectivity index (χ1n) is 12.9. The average Bonchev–Trinajstić information content (AvgIpc) is 3.33. The van der Waals surface area contributed by atoms with Gasteiger partial charge in [-0.15, -0.1) is 0 Å². The second kappa shape index (κ2) is 10.9. The van der Waals surface area contributed by atoms with E-state index < -0.39 is 17.6 Å². The summed E-state index contributed by atoms with van der Waals surface area (Å²) in [5.74, 6) is 0.0477. The van der Waals surface area contributed by atoms with Gasteiger partial charge in [-0.2, -0.15) is 13.2 Å². The third-order valence-electron chi connectivity index (χ3n) is 7.15. The monoisotopic (exact) mass is 547 g/mol. The number of carbonyl (C=O) groups is 2. The van der Waals surface area contributed by atoms with Gasteiger partial charge in [-0.25, -0.2) is 0 Å². The summed E-state index contributed by atoms with van der Waals surface area (Å²) >= 11 is 0. The van der Waals surface area contributed by atoms with E-state index in [9.17, 15) is 22.8 Å². The molecule has 2 heterocycles. The van der Waals surface area contributed by atoms with Gasteiger partial charge in [-0.3, -0.25) is 9.59 Å². The molecule has 0 bridgehead atoms. The highest BCUT2D eigenvalue weighted by Gasteiger charge is 2.32. The molecule has 0 spiro atoms. The molecule has 9 heteroatoms. The fourth-order valence-corrected chi connectivity index (χ4v) is 5.02. The van der Waals surface area contributed by atoms with Crippen molar-refractivity contribution in [2.45, 2.75) is 13.1 Å². The van der Waals surface area contributed by atoms with Gasteiger partial charge in [0, 0.05) is 49.2 Å². The zero-order valence-corrected chi connectivity index (χ0v) is 22.1. The average molecular weight is 548 g/mol. The summed E-state index contributed by atoms with van der Waals surface area (Å²) in [6, 6.07) is 23.7. The molecule has 0 saturated carbocycles. The number of methoxy groups -OCH3 is 1. The molecule has 1 saturated heterocycles. The van der Waals surface area contributed by atoms with E-state index in [1.54, 1.807) is 12.0 Å². The van der Waals surface area contributed by atoms with Crippen molar-refractivity contribution in [3.8, 4) is 22.7 Å². The van der Waals surface area contributed by atoms with Crippen molar-refractivity contribution in [1.82, 2.24) is 14.4 Å². The fourth-order valence-electron chi connectivity index (χ4n) is 5.02. The van der Waals surface area contributed by atoms with Crippen LogP contribution >= 0.6 is 0 Å². The quantitative estimate of drug-likeness (QED) is 0.305. The molecular weight excluding hydrogens is 519 g/mol. The minimum atomic E-state index is -4.53. The molecule has 0 aliphatic carbocycles. The van der Waals surface area contributed by atoms with Crippen molar-refractivity contribution >= 4 is 11.8 Å². The van der Waals surface area contributed by atoms with Gasteiger partial charge < -0.3 is 19.1 Å². The van der Waals surface area contributed by atoms with Gasteiger partial charge in [0.05, 0.1) is 23.9 Å². The topological polar surface area (TPSA) is 54.8 Å². The number of nitrogens with zero attached hydrogens (tertiary/aromatic N) is 3. The van der Waals surface area contributed by atoms with Gasteiger partial charge in [-0.05, 0) is 48.9 Å². The minimum Gasteiger partial charge on any atom is -0.497 e. The first-order valence-corrected chi connectivity index (χ1v) is 12.9. The van der Waals surface area contributed by atoms with Crippen LogP contribution in [0.25, 0.3) is 16.9 Å². The summed E-state index contributed by atoms with van der Waals surface area (Å²) in [6.07, 6.45) is -4.53. The van der Waals surface area contributed by atoms with E-state index in [1.165, 1.54) is 17.0 Å². The molecule has 0 unspecified atom stereocenters. The van der Waals surface area contributed by atoms with Gasteiger partial charge >= 0.3 is 6.18 Å². The van der Waals surface area contributed by atoms with Crippen LogP contribution in [-0.4, -0.2) is 59.5 Å². The molecule has 206 valence electrons. The van der Waals surface area contributed by atoms with Gasteiger partial charge in [0.2, 0.25) is 0 Å². The Morgan fingerprint density at radius 1 is 0.775 bits per heavy atom. The van der Waals surface area contributed by atoms with Crippen molar-refractivity contribution in [1.29, 1.82) is 0 Å². The van der Waals surface area contributed by atoms with Crippen molar-refractivity contribution in [2.75, 3.05) is 33.3 Å². The zero-order chi connectivity index (χ0) is 28.4. The van der Waals surface area contributed by atoms with E-state index in [0.29, 0.717) is 11.3 Å². The number of benzene rings is 3. The number of halogens is 3. The van der Waals surface area contributed by atoms with E-state index in [1.807, 2.05) is 72.2 Å². The second-order valence-electron chi connectivity index (χ2n) is 9.59. The van der Waals surface area contributed by atoms with Gasteiger partial charge in [0.1, 0.15) is 5.75 Å². The predicted molar refractivity (Wildman–Crippen MR) is 146 cm³/mol. The first-order chi connectivity index (χ1) is 19.2. The number of hydrogen-bond donors (Lipinski definition) is 0. The number of piperazine rings is 1. The molecule has 4 aromatic rings. The van der Waals surface area contributed by atoms with Crippen LogP contribution in [-0.2, 0) is 6.18 Å². The second-order valence-corrected chi connectivity index (χ2v) is 9.59. The normalized spacial score (nSPS) is 13.8. The van der Waals surface area contributed by atoms with Crippen LogP contribution in [0.2, 0.25) is 0 Å². The highest BCUT2D eigenvalue weighted by Crippen LogP contribution is 2.32. The maximum atomic E-state index is 13.7. The Labute approximate surface area is 230 Å². The van der Waals surface area contributed by atoms with E-state index >= 15 is 0 Å². The Balaban J connectivity index is 1.39. The molecule has 1 fully saturated rings. The Kier molecular flexibility index (Phi) is 7.38. The molecule has 1 aliphatic rings. The summed E-state index contributed by atoms with van der Waals surface area (Å²) in [5.41, 5.74) is 3.08. The molecule has 0 radical (unpaired) electrons. The number of rotatable bonds is 5. The number of ether oxygens (including phenoxy) is 1. The van der Waals surface area contributed by atoms with Gasteiger partial charge in [0.25, 0.3) is 11.8 Å². The van der Waals surface area contributed by atoms with Crippen molar-refractivity contribution in [3.05, 3.63) is 107 Å². The smallest absolute Gasteiger partial charge is 0.416 e. The Hall–Kier alpha value is -4.53. The standard InChI is InChI=1S/C31H28F3N3O3/c1-21-27(20-28(22-8-4-3-5-9-22)37(21)25-12-7-13-26(19-25)40-2)30(39)36-16-14-35(15-17-36)29(38)23-10-6-11-24(18-23)31(32,33)34/h3-13,18-20H,14-17H2,1-2H3. The number of amides is 2. The summed E-state index contributed by atoms with van der Waals surface area (Å²) in [6.45, 7) is 2.89. The van der Waals surface area contributed by atoms with Crippen LogP contribution in [0.3, 0.4) is 0 Å². The first kappa shape index (κ1) is 27.1. The molecule has 1 aromatic heterocycles. The van der Waals surface area contributed by atoms with Crippen LogP contribution in [0.4, 0.5) is 13.2 Å². The number of aromatic nitrogens is 1. The predicted octanol–water partition coefficient (Wildman–Crippen LogP) is 6.08. The molecule has 5 rings (SSSR count). The molecule has 1 aliphatic heterocycles. The highest BCUT2D eigenvalue weighted by molar-refractivity contribution is 5.98. The highest BCUT2D eigenvalue weighted by atomic mass is 19.4. The minimum absolute atomic E-state index is 0.0201. The number of hydrogen-bond acceptors (Lipinski definition) is 3. The maximum Gasteiger partial charge on any atom is 0.416 e. The van der Waals surface area contributed by atoms with Gasteiger partial charge in [0.15, 0.2) is 0 Å². The largest absolute Gasteiger partial charge is 0.497 e. The van der Waals surface area contributed by atoms with Crippen molar-refractivity contribution in [2.24, 2.45) is 0 Å². The van der Waals surface area contributed by atoms with Crippen LogP contribution < -0.4 is 4.74 Å². The molecule has 40 heavy (non-hydrogen) atoms. The van der Waals surface area contributed by atoms with Crippen molar-refractivity contribution < 1.29 is 27.5 Å². The SMILES string of the molecule is COc1cccc(-n2c(-c3ccccc3)cc(C(=O)N3CCN(C(=O)c4cccc(C(F)(F)F)c4)CC3)c2C)c1. The van der Waals surface area contributed by atoms with E-state index in [0.717, 1.165) is 34.8 Å². The molecular formula is C31H28F3N3O3. The fraction of sp³-hybridized carbons (Fsp3) is 0.226. The Morgan fingerprint density at radius 2 is 1.43 bits per heavy atom. The molecule has 6 nitrogen and oxygen atoms in total. The third kappa shape index (κ3) is 5.32. The Morgan fingerprint density at radius 3 is 2.08 bits per heavy atom. The lowest BCUT2D eigenvalue weighted by atomic mass is 10.1. The summed E-state index contributed by atoms with van der Waals surface area (Å²) in [4.78, 5) is 29.8. The summed E-state index contributed by atoms with van der Waals surface area (Å²) < 4.78 is 46.8. The molecule has 2 amide bonds. The lowest BCUT2D eigenvalue weighted by molar-refractivity contribution is -0.137. The van der Waals surface area contributed by atoms with Gasteiger partial charge in [-0.1, -0.05) is 42.5 Å². The summed E-state index contributed by atoms with van der Waals surface area (Å²) in [7, 11) is 1.60. The van der Waals surface area contributed by atoms with E-state index in [4.69, 9.17) is 4.74 Å². The number of alkyl halides is 3. The summed E-state index contributed by atoms with van der Waals surface area (Å²) in [5, 5.41) is 0. The zero-order valence-electron chi connectivity index (χ0n) is 22.1. The van der Waals surface area contributed by atoms with Crippen LogP contribution in [0, 0.1) is 6.92 Å². The number of carbonyl (C=O) groups excluding carboxylic acids is 2. The molecule has 0 atom stereocenters. The third-order valence-corrected chi connectivity index (χ3v) is 7.15. The van der Waals surface area contributed by atoms with Crippen LogP contribution in [0.5, 0.6) is 5.75 Å². The van der Waals surface area contributed by atoms with Crippen LogP contribution in [0.15, 0.2) is 84.9 Å².